The lowest BCUT2D eigenvalue weighted by atomic mass is 9.97. The molecule has 0 saturated heterocycles. The summed E-state index contributed by atoms with van der Waals surface area (Å²) in [6, 6.07) is 24.9. The van der Waals surface area contributed by atoms with Crippen LogP contribution in [0.5, 0.6) is 5.75 Å². The number of hydrogen-bond acceptors (Lipinski definition) is 6. The van der Waals surface area contributed by atoms with E-state index in [0.717, 1.165) is 28.8 Å². The third kappa shape index (κ3) is 5.24. The summed E-state index contributed by atoms with van der Waals surface area (Å²) in [6.07, 6.45) is 3.43. The summed E-state index contributed by atoms with van der Waals surface area (Å²) < 4.78 is 9.21. The van der Waals surface area contributed by atoms with Crippen molar-refractivity contribution in [2.24, 2.45) is 0 Å². The number of aromatic nitrogens is 4. The fraction of sp³-hybridized carbons (Fsp3) is 0.250. The molecule has 3 aromatic carbocycles. The van der Waals surface area contributed by atoms with E-state index in [0.29, 0.717) is 41.2 Å². The molecule has 0 spiro atoms. The number of aryl methyl sites for hydroxylation is 1. The van der Waals surface area contributed by atoms with Crippen molar-refractivity contribution in [1.29, 1.82) is 5.26 Å². The number of benzene rings is 3. The zero-order chi connectivity index (χ0) is 28.3. The molecule has 0 aliphatic rings. The van der Waals surface area contributed by atoms with Crippen LogP contribution in [-0.4, -0.2) is 36.5 Å². The van der Waals surface area contributed by atoms with Crippen molar-refractivity contribution in [3.63, 3.8) is 0 Å². The van der Waals surface area contributed by atoms with E-state index in [1.165, 1.54) is 6.33 Å². The van der Waals surface area contributed by atoms with Gasteiger partial charge >= 0.3 is 0 Å². The average Bonchev–Trinajstić information content (AvgIpc) is 3.45. The highest BCUT2D eigenvalue weighted by Crippen LogP contribution is 2.25. The minimum Gasteiger partial charge on any atom is -0.485 e. The van der Waals surface area contributed by atoms with Crippen LogP contribution >= 0.6 is 0 Å². The van der Waals surface area contributed by atoms with Gasteiger partial charge in [-0.25, -0.2) is 9.08 Å². The topological polar surface area (TPSA) is 105 Å². The number of nitrogens with zero attached hydrogens (tertiary/aromatic N) is 5. The smallest absolute Gasteiger partial charge is 0.263 e. The molecule has 1 N–H and O–H groups in total. The first kappa shape index (κ1) is 26.9. The van der Waals surface area contributed by atoms with Gasteiger partial charge in [0.05, 0.1) is 29.6 Å². The molecule has 0 aliphatic heterocycles. The van der Waals surface area contributed by atoms with E-state index < -0.39 is 5.60 Å². The van der Waals surface area contributed by atoms with E-state index in [4.69, 9.17) is 4.74 Å². The van der Waals surface area contributed by atoms with Crippen LogP contribution in [0.4, 0.5) is 0 Å². The predicted octanol–water partition coefficient (Wildman–Crippen LogP) is 5.11. The van der Waals surface area contributed by atoms with Gasteiger partial charge in [0.25, 0.3) is 5.56 Å². The maximum atomic E-state index is 14.1. The van der Waals surface area contributed by atoms with Crippen molar-refractivity contribution >= 4 is 5.78 Å². The van der Waals surface area contributed by atoms with E-state index in [-0.39, 0.29) is 12.2 Å². The molecule has 5 aromatic rings. The Labute approximate surface area is 232 Å². The fourth-order valence-corrected chi connectivity index (χ4v) is 4.81. The van der Waals surface area contributed by atoms with Crippen LogP contribution in [0, 0.1) is 11.3 Å². The van der Waals surface area contributed by atoms with Crippen LogP contribution in [-0.2, 0) is 12.8 Å². The van der Waals surface area contributed by atoms with Crippen molar-refractivity contribution in [2.45, 2.75) is 45.6 Å². The lowest BCUT2D eigenvalue weighted by Crippen LogP contribution is -2.32. The van der Waals surface area contributed by atoms with Gasteiger partial charge in [-0.3, -0.25) is 4.79 Å². The minimum atomic E-state index is -0.722. The Balaban J connectivity index is 1.56. The Kier molecular flexibility index (Phi) is 7.50. The molecule has 0 bridgehead atoms. The zero-order valence-electron chi connectivity index (χ0n) is 22.8. The normalized spacial score (nSPS) is 11.5. The number of fused-ring (bicyclic) bond motifs is 1. The van der Waals surface area contributed by atoms with Gasteiger partial charge in [-0.2, -0.15) is 15.3 Å². The third-order valence-corrected chi connectivity index (χ3v) is 6.85. The summed E-state index contributed by atoms with van der Waals surface area (Å²) in [5.41, 5.74) is 4.71. The molecule has 8 heteroatoms. The van der Waals surface area contributed by atoms with Gasteiger partial charge in [0, 0.05) is 12.0 Å². The van der Waals surface area contributed by atoms with E-state index in [1.807, 2.05) is 60.7 Å². The maximum absolute atomic E-state index is 14.1. The van der Waals surface area contributed by atoms with Crippen LogP contribution in [0.1, 0.15) is 49.6 Å². The zero-order valence-corrected chi connectivity index (χ0v) is 22.8. The van der Waals surface area contributed by atoms with Crippen molar-refractivity contribution in [2.75, 3.05) is 6.61 Å². The summed E-state index contributed by atoms with van der Waals surface area (Å²) in [4.78, 5) is 18.5. The van der Waals surface area contributed by atoms with Crippen LogP contribution in [0.25, 0.3) is 22.6 Å². The van der Waals surface area contributed by atoms with Gasteiger partial charge in [-0.15, -0.1) is 0 Å². The van der Waals surface area contributed by atoms with Gasteiger partial charge in [-0.05, 0) is 67.3 Å². The van der Waals surface area contributed by atoms with Crippen molar-refractivity contribution in [3.05, 3.63) is 112 Å². The number of rotatable bonds is 9. The molecule has 202 valence electrons. The summed E-state index contributed by atoms with van der Waals surface area (Å²) >= 11 is 0. The van der Waals surface area contributed by atoms with Crippen molar-refractivity contribution < 1.29 is 9.84 Å². The Hall–Kier alpha value is -4.74. The number of ether oxygens (including phenoxy) is 1. The molecule has 0 aliphatic carbocycles. The SMILES string of the molecule is CCCc1c(Cc2ccc(-c3ccccc3C#N)cc2)c(=O)n(-c2ccc(OC(C)(C)CO)cc2)c2ncnn12. The molecule has 8 nitrogen and oxygen atoms in total. The molecular formula is C32H31N5O3. The molecule has 2 heterocycles. The molecule has 0 atom stereocenters. The van der Waals surface area contributed by atoms with E-state index in [1.54, 1.807) is 35.1 Å². The molecule has 40 heavy (non-hydrogen) atoms. The summed E-state index contributed by atoms with van der Waals surface area (Å²) in [7, 11) is 0. The summed E-state index contributed by atoms with van der Waals surface area (Å²) in [6.45, 7) is 5.56. The standard InChI is InChI=1S/C32H31N5O3/c1-4-7-29-28(18-22-10-12-23(13-11-22)27-9-6-5-8-24(27)19-33)30(39)36(31-34-21-35-37(29)31)25-14-16-26(17-15-25)40-32(2,3)20-38/h5-6,8-17,21,38H,4,7,18,20H2,1-3H3. The van der Waals surface area contributed by atoms with Crippen LogP contribution in [0.2, 0.25) is 0 Å². The first-order chi connectivity index (χ1) is 19.3. The Morgan fingerprint density at radius 3 is 2.42 bits per heavy atom. The van der Waals surface area contributed by atoms with E-state index in [2.05, 4.69) is 23.1 Å². The Morgan fingerprint density at radius 1 is 1.02 bits per heavy atom. The van der Waals surface area contributed by atoms with Crippen LogP contribution in [0.15, 0.2) is 83.9 Å². The van der Waals surface area contributed by atoms with Gasteiger partial charge in [0.2, 0.25) is 5.78 Å². The first-order valence-electron chi connectivity index (χ1n) is 13.3. The van der Waals surface area contributed by atoms with Gasteiger partial charge in [0.1, 0.15) is 17.7 Å². The number of nitriles is 1. The second-order valence-corrected chi connectivity index (χ2v) is 10.3. The lowest BCUT2D eigenvalue weighted by molar-refractivity contribution is 0.0412. The number of hydrogen-bond donors (Lipinski definition) is 1. The lowest BCUT2D eigenvalue weighted by Gasteiger charge is -2.24. The number of aliphatic hydroxyl groups is 1. The third-order valence-electron chi connectivity index (χ3n) is 6.85. The van der Waals surface area contributed by atoms with Gasteiger partial charge in [0.15, 0.2) is 0 Å². The highest BCUT2D eigenvalue weighted by atomic mass is 16.5. The van der Waals surface area contributed by atoms with Gasteiger partial charge in [-0.1, -0.05) is 55.8 Å². The highest BCUT2D eigenvalue weighted by molar-refractivity contribution is 5.70. The molecule has 0 amide bonds. The highest BCUT2D eigenvalue weighted by Gasteiger charge is 2.21. The predicted molar refractivity (Wildman–Crippen MR) is 154 cm³/mol. The second kappa shape index (κ2) is 11.2. The van der Waals surface area contributed by atoms with Crippen LogP contribution in [0.3, 0.4) is 0 Å². The summed E-state index contributed by atoms with van der Waals surface area (Å²) in [5, 5.41) is 23.5. The molecular weight excluding hydrogens is 502 g/mol. The van der Waals surface area contributed by atoms with E-state index in [9.17, 15) is 15.2 Å². The Bertz CT molecular complexity index is 1740. The first-order valence-corrected chi connectivity index (χ1v) is 13.3. The fourth-order valence-electron chi connectivity index (χ4n) is 4.81. The summed E-state index contributed by atoms with van der Waals surface area (Å²) in [5.74, 6) is 1.04. The average molecular weight is 534 g/mol. The monoisotopic (exact) mass is 533 g/mol. The molecule has 0 radical (unpaired) electrons. The Morgan fingerprint density at radius 2 is 1.75 bits per heavy atom. The number of aliphatic hydroxyl groups excluding tert-OH is 1. The van der Waals surface area contributed by atoms with Gasteiger partial charge < -0.3 is 9.84 Å². The maximum Gasteiger partial charge on any atom is 0.263 e. The van der Waals surface area contributed by atoms with Crippen molar-refractivity contribution in [3.8, 4) is 28.6 Å². The quantitative estimate of drug-likeness (QED) is 0.282. The molecule has 0 unspecified atom stereocenters. The van der Waals surface area contributed by atoms with E-state index >= 15 is 0 Å². The molecule has 5 rings (SSSR count). The molecule has 0 saturated carbocycles. The minimum absolute atomic E-state index is 0.122. The molecule has 0 fully saturated rings. The van der Waals surface area contributed by atoms with Crippen molar-refractivity contribution in [1.82, 2.24) is 19.2 Å². The van der Waals surface area contributed by atoms with Crippen LogP contribution < -0.4 is 10.3 Å². The second-order valence-electron chi connectivity index (χ2n) is 10.3. The molecule has 2 aromatic heterocycles. The largest absolute Gasteiger partial charge is 0.485 e.